The van der Waals surface area contributed by atoms with Gasteiger partial charge in [-0.15, -0.1) is 0 Å². The van der Waals surface area contributed by atoms with Gasteiger partial charge in [-0.1, -0.05) is 25.7 Å². The Kier molecular flexibility index (Phi) is 3.14. The maximum atomic E-state index is 10.3. The Balaban J connectivity index is 0.000000114. The minimum Gasteiger partial charge on any atom is -0.290 e. The topological polar surface area (TPSA) is 34.1 Å². The van der Waals surface area contributed by atoms with Gasteiger partial charge in [0, 0.05) is 0 Å². The summed E-state index contributed by atoms with van der Waals surface area (Å²) in [7, 11) is 0. The van der Waals surface area contributed by atoms with E-state index in [4.69, 9.17) is 0 Å². The van der Waals surface area contributed by atoms with Crippen molar-refractivity contribution in [3.8, 4) is 0 Å². The SMILES string of the molecule is C1CC2CCC1C2.O=C1C=CC(=O)C=C1. The van der Waals surface area contributed by atoms with E-state index < -0.39 is 0 Å². The first kappa shape index (κ1) is 10.3. The molecule has 2 nitrogen and oxygen atoms in total. The first-order chi connectivity index (χ1) is 7.24. The van der Waals surface area contributed by atoms with Crippen molar-refractivity contribution in [2.75, 3.05) is 0 Å². The van der Waals surface area contributed by atoms with Gasteiger partial charge in [0.25, 0.3) is 0 Å². The van der Waals surface area contributed by atoms with Gasteiger partial charge >= 0.3 is 0 Å². The molecule has 3 rings (SSSR count). The van der Waals surface area contributed by atoms with Gasteiger partial charge in [-0.3, -0.25) is 9.59 Å². The molecule has 3 aliphatic rings. The minimum atomic E-state index is -0.121. The summed E-state index contributed by atoms with van der Waals surface area (Å²) in [5.41, 5.74) is 0. The van der Waals surface area contributed by atoms with E-state index in [9.17, 15) is 9.59 Å². The largest absolute Gasteiger partial charge is 0.290 e. The van der Waals surface area contributed by atoms with Gasteiger partial charge in [0.05, 0.1) is 0 Å². The molecule has 2 heteroatoms. The molecule has 0 aromatic rings. The Morgan fingerprint density at radius 3 is 1.27 bits per heavy atom. The van der Waals surface area contributed by atoms with Crippen LogP contribution in [0.5, 0.6) is 0 Å². The van der Waals surface area contributed by atoms with Crippen LogP contribution in [0.1, 0.15) is 32.1 Å². The summed E-state index contributed by atoms with van der Waals surface area (Å²) in [6, 6.07) is 0. The van der Waals surface area contributed by atoms with Gasteiger partial charge in [0.15, 0.2) is 11.6 Å². The van der Waals surface area contributed by atoms with Crippen molar-refractivity contribution in [3.63, 3.8) is 0 Å². The lowest BCUT2D eigenvalue weighted by atomic mass is 10.0. The summed E-state index contributed by atoms with van der Waals surface area (Å²) in [4.78, 5) is 20.6. The zero-order chi connectivity index (χ0) is 10.7. The van der Waals surface area contributed by atoms with Crippen LogP contribution in [0, 0.1) is 11.8 Å². The molecule has 0 unspecified atom stereocenters. The quantitative estimate of drug-likeness (QED) is 0.568. The molecule has 0 aromatic heterocycles. The summed E-state index contributed by atoms with van der Waals surface area (Å²) in [5.74, 6) is 2.10. The van der Waals surface area contributed by atoms with E-state index in [1.165, 1.54) is 36.1 Å². The molecule has 2 saturated carbocycles. The van der Waals surface area contributed by atoms with Crippen molar-refractivity contribution in [2.24, 2.45) is 11.8 Å². The average Bonchev–Trinajstić information content (AvgIpc) is 2.87. The van der Waals surface area contributed by atoms with E-state index in [0.29, 0.717) is 0 Å². The van der Waals surface area contributed by atoms with E-state index in [1.807, 2.05) is 0 Å². The van der Waals surface area contributed by atoms with Crippen LogP contribution in [0.25, 0.3) is 0 Å². The molecule has 15 heavy (non-hydrogen) atoms. The van der Waals surface area contributed by atoms with Crippen LogP contribution in [0.15, 0.2) is 24.3 Å². The third-order valence-electron chi connectivity index (χ3n) is 3.46. The molecule has 80 valence electrons. The van der Waals surface area contributed by atoms with Gasteiger partial charge in [0.2, 0.25) is 0 Å². The van der Waals surface area contributed by atoms with Crippen molar-refractivity contribution >= 4 is 11.6 Å². The van der Waals surface area contributed by atoms with Crippen LogP contribution in [0.3, 0.4) is 0 Å². The predicted octanol–water partition coefficient (Wildman–Crippen LogP) is 2.45. The van der Waals surface area contributed by atoms with Crippen LogP contribution in [0.4, 0.5) is 0 Å². The van der Waals surface area contributed by atoms with E-state index in [0.717, 1.165) is 0 Å². The third kappa shape index (κ3) is 2.88. The Morgan fingerprint density at radius 1 is 0.733 bits per heavy atom. The normalized spacial score (nSPS) is 31.7. The van der Waals surface area contributed by atoms with Crippen molar-refractivity contribution in [3.05, 3.63) is 24.3 Å². The van der Waals surface area contributed by atoms with Gasteiger partial charge in [0.1, 0.15) is 0 Å². The summed E-state index contributed by atoms with van der Waals surface area (Å²) in [6.45, 7) is 0. The highest BCUT2D eigenvalue weighted by Crippen LogP contribution is 2.43. The number of hydrogen-bond donors (Lipinski definition) is 0. The van der Waals surface area contributed by atoms with Crippen molar-refractivity contribution in [2.45, 2.75) is 32.1 Å². The highest BCUT2D eigenvalue weighted by atomic mass is 16.1. The van der Waals surface area contributed by atoms with Crippen LogP contribution in [-0.4, -0.2) is 11.6 Å². The summed E-state index contributed by atoms with van der Waals surface area (Å²) >= 11 is 0. The smallest absolute Gasteiger partial charge is 0.178 e. The molecule has 0 aliphatic heterocycles. The van der Waals surface area contributed by atoms with Gasteiger partial charge in [-0.05, 0) is 42.6 Å². The van der Waals surface area contributed by atoms with Gasteiger partial charge < -0.3 is 0 Å². The zero-order valence-corrected chi connectivity index (χ0v) is 8.82. The fraction of sp³-hybridized carbons (Fsp3) is 0.538. The molecular formula is C13H16O2. The molecule has 0 radical (unpaired) electrons. The maximum Gasteiger partial charge on any atom is 0.178 e. The highest BCUT2D eigenvalue weighted by Gasteiger charge is 2.30. The first-order valence-electron chi connectivity index (χ1n) is 5.68. The van der Waals surface area contributed by atoms with E-state index in [2.05, 4.69) is 0 Å². The van der Waals surface area contributed by atoms with Crippen LogP contribution >= 0.6 is 0 Å². The Hall–Kier alpha value is -1.18. The molecular weight excluding hydrogens is 188 g/mol. The number of hydrogen-bond acceptors (Lipinski definition) is 2. The Bertz CT molecular complexity index is 269. The second kappa shape index (κ2) is 4.56. The highest BCUT2D eigenvalue weighted by molar-refractivity contribution is 6.14. The molecule has 0 N–H and O–H groups in total. The van der Waals surface area contributed by atoms with Crippen LogP contribution in [0.2, 0.25) is 0 Å². The van der Waals surface area contributed by atoms with E-state index >= 15 is 0 Å². The lowest BCUT2D eigenvalue weighted by Gasteiger charge is -2.05. The maximum absolute atomic E-state index is 10.3. The lowest BCUT2D eigenvalue weighted by molar-refractivity contribution is -0.113. The molecule has 3 aliphatic carbocycles. The number of allylic oxidation sites excluding steroid dienone is 4. The Morgan fingerprint density at radius 2 is 1.07 bits per heavy atom. The fourth-order valence-electron chi connectivity index (χ4n) is 2.61. The van der Waals surface area contributed by atoms with Gasteiger partial charge in [-0.2, -0.15) is 0 Å². The molecule has 0 aromatic carbocycles. The third-order valence-corrected chi connectivity index (χ3v) is 3.46. The number of carbonyl (C=O) groups is 2. The van der Waals surface area contributed by atoms with Crippen LogP contribution in [-0.2, 0) is 9.59 Å². The number of fused-ring (bicyclic) bond motifs is 2. The first-order valence-corrected chi connectivity index (χ1v) is 5.68. The lowest BCUT2D eigenvalue weighted by Crippen LogP contribution is -1.97. The summed E-state index contributed by atoms with van der Waals surface area (Å²) in [5, 5.41) is 0. The van der Waals surface area contributed by atoms with Crippen molar-refractivity contribution in [1.29, 1.82) is 0 Å². The monoisotopic (exact) mass is 204 g/mol. The van der Waals surface area contributed by atoms with E-state index in [1.54, 1.807) is 32.1 Å². The van der Waals surface area contributed by atoms with E-state index in [-0.39, 0.29) is 11.6 Å². The molecule has 2 bridgehead atoms. The Labute approximate surface area is 90.1 Å². The second-order valence-electron chi connectivity index (χ2n) is 4.59. The number of rotatable bonds is 0. The predicted molar refractivity (Wildman–Crippen MR) is 58.4 cm³/mol. The standard InChI is InChI=1S/C7H12.C6H4O2/c1-2-7-4-3-6(1)5-7;7-5-1-2-6(8)4-3-5/h6-7H,1-5H2;1-4H. The van der Waals surface area contributed by atoms with Gasteiger partial charge in [-0.25, -0.2) is 0 Å². The van der Waals surface area contributed by atoms with Crippen molar-refractivity contribution in [1.82, 2.24) is 0 Å². The second-order valence-corrected chi connectivity index (χ2v) is 4.59. The van der Waals surface area contributed by atoms with Crippen LogP contribution < -0.4 is 0 Å². The fourth-order valence-corrected chi connectivity index (χ4v) is 2.61. The minimum absolute atomic E-state index is 0.121. The molecule has 0 amide bonds. The zero-order valence-electron chi connectivity index (χ0n) is 8.82. The summed E-state index contributed by atoms with van der Waals surface area (Å²) in [6.07, 6.45) is 12.8. The van der Waals surface area contributed by atoms with Crippen molar-refractivity contribution < 1.29 is 9.59 Å². The number of carbonyl (C=O) groups excluding carboxylic acids is 2. The molecule has 0 spiro atoms. The number of ketones is 2. The molecule has 0 heterocycles. The average molecular weight is 204 g/mol. The summed E-state index contributed by atoms with van der Waals surface area (Å²) < 4.78 is 0. The molecule has 0 atom stereocenters. The molecule has 0 saturated heterocycles. The molecule has 2 fully saturated rings.